The first-order valence-electron chi connectivity index (χ1n) is 9.66. The number of anilines is 1. The zero-order valence-corrected chi connectivity index (χ0v) is 15.6. The Morgan fingerprint density at radius 3 is 2.54 bits per heavy atom. The highest BCUT2D eigenvalue weighted by Crippen LogP contribution is 2.66. The summed E-state index contributed by atoms with van der Waals surface area (Å²) in [5.41, 5.74) is 0.879. The molecule has 1 amide bonds. The quantitative estimate of drug-likeness (QED) is 0.836. The number of amides is 1. The van der Waals surface area contributed by atoms with Crippen molar-refractivity contribution in [2.45, 2.75) is 37.3 Å². The minimum absolute atomic E-state index is 0.165. The van der Waals surface area contributed by atoms with E-state index in [0.717, 1.165) is 41.8 Å². The van der Waals surface area contributed by atoms with Crippen LogP contribution in [0.4, 0.5) is 5.69 Å². The summed E-state index contributed by atoms with van der Waals surface area (Å²) < 4.78 is 0. The fourth-order valence-electron chi connectivity index (χ4n) is 5.81. The Kier molecular flexibility index (Phi) is 3.44. The Balaban J connectivity index is 1.84. The van der Waals surface area contributed by atoms with Gasteiger partial charge in [-0.05, 0) is 43.5 Å². The molecule has 1 N–H and O–H groups in total. The smallest absolute Gasteiger partial charge is 0.239 e. The van der Waals surface area contributed by atoms with Gasteiger partial charge in [-0.15, -0.1) is 0 Å². The van der Waals surface area contributed by atoms with Crippen LogP contribution in [-0.4, -0.2) is 23.4 Å². The summed E-state index contributed by atoms with van der Waals surface area (Å²) in [4.78, 5) is 15.8. The highest BCUT2D eigenvalue weighted by Gasteiger charge is 2.76. The molecule has 2 fully saturated rings. The van der Waals surface area contributed by atoms with Gasteiger partial charge in [-0.3, -0.25) is 9.69 Å². The van der Waals surface area contributed by atoms with Crippen molar-refractivity contribution >= 4 is 11.6 Å². The number of para-hydroxylation sites is 1. The topological polar surface area (TPSA) is 79.9 Å². The predicted molar refractivity (Wildman–Crippen MR) is 104 cm³/mol. The molecule has 2 saturated heterocycles. The molecule has 0 aromatic heterocycles. The molecule has 0 saturated carbocycles. The lowest BCUT2D eigenvalue weighted by Gasteiger charge is -2.36. The molecule has 5 heteroatoms. The van der Waals surface area contributed by atoms with Gasteiger partial charge in [0.25, 0.3) is 0 Å². The molecule has 138 valence electrons. The van der Waals surface area contributed by atoms with E-state index >= 15 is 0 Å². The van der Waals surface area contributed by atoms with Gasteiger partial charge in [0, 0.05) is 11.7 Å². The maximum absolute atomic E-state index is 13.5. The minimum atomic E-state index is -1.50. The molecule has 0 bridgehead atoms. The number of benzene rings is 2. The fourth-order valence-corrected chi connectivity index (χ4v) is 5.81. The normalized spacial score (nSPS) is 29.8. The average Bonchev–Trinajstić information content (AvgIpc) is 3.35. The van der Waals surface area contributed by atoms with Crippen molar-refractivity contribution < 1.29 is 4.79 Å². The van der Waals surface area contributed by atoms with Gasteiger partial charge in [0.1, 0.15) is 5.41 Å². The van der Waals surface area contributed by atoms with Gasteiger partial charge in [-0.2, -0.15) is 10.5 Å². The number of aryl methyl sites for hydroxylation is 1. The SMILES string of the molecule is Cc1ccc([C@H]2N3CCCC3[C@@]3(C(=O)Nc4ccccc43)C2(C#N)C#N)cc1. The van der Waals surface area contributed by atoms with E-state index in [1.165, 1.54) is 0 Å². The van der Waals surface area contributed by atoms with Gasteiger partial charge in [0.15, 0.2) is 5.41 Å². The Morgan fingerprint density at radius 1 is 1.11 bits per heavy atom. The molecule has 2 aromatic rings. The number of hydrogen-bond acceptors (Lipinski definition) is 4. The summed E-state index contributed by atoms with van der Waals surface area (Å²) in [6.07, 6.45) is 1.76. The van der Waals surface area contributed by atoms with E-state index in [4.69, 9.17) is 0 Å². The number of carbonyl (C=O) groups excluding carboxylic acids is 1. The van der Waals surface area contributed by atoms with Crippen LogP contribution in [0.5, 0.6) is 0 Å². The molecule has 3 heterocycles. The van der Waals surface area contributed by atoms with Gasteiger partial charge in [0.05, 0.1) is 18.2 Å². The molecule has 0 radical (unpaired) electrons. The number of nitrogens with one attached hydrogen (secondary N) is 1. The summed E-state index contributed by atoms with van der Waals surface area (Å²) in [6, 6.07) is 19.7. The van der Waals surface area contributed by atoms with Crippen LogP contribution >= 0.6 is 0 Å². The second kappa shape index (κ2) is 5.67. The summed E-state index contributed by atoms with van der Waals surface area (Å²) in [6.45, 7) is 2.80. The Morgan fingerprint density at radius 2 is 1.82 bits per heavy atom. The summed E-state index contributed by atoms with van der Waals surface area (Å²) in [7, 11) is 0. The van der Waals surface area contributed by atoms with Gasteiger partial charge < -0.3 is 5.32 Å². The summed E-state index contributed by atoms with van der Waals surface area (Å²) in [5.74, 6) is -0.219. The molecule has 5 nitrogen and oxygen atoms in total. The van der Waals surface area contributed by atoms with E-state index in [9.17, 15) is 15.3 Å². The largest absolute Gasteiger partial charge is 0.325 e. The number of fused-ring (bicyclic) bond motifs is 4. The van der Waals surface area contributed by atoms with E-state index in [1.807, 2.05) is 55.5 Å². The van der Waals surface area contributed by atoms with Crippen molar-refractivity contribution in [1.29, 1.82) is 10.5 Å². The maximum atomic E-state index is 13.5. The van der Waals surface area contributed by atoms with E-state index in [1.54, 1.807) is 0 Å². The molecular weight excluding hydrogens is 348 g/mol. The third-order valence-corrected chi connectivity index (χ3v) is 6.86. The van der Waals surface area contributed by atoms with Crippen molar-refractivity contribution in [1.82, 2.24) is 4.90 Å². The summed E-state index contributed by atoms with van der Waals surface area (Å²) >= 11 is 0. The Hall–Kier alpha value is -3.15. The van der Waals surface area contributed by atoms with Gasteiger partial charge >= 0.3 is 0 Å². The highest BCUT2D eigenvalue weighted by atomic mass is 16.2. The Bertz CT molecular complexity index is 1050. The molecule has 28 heavy (non-hydrogen) atoms. The van der Waals surface area contributed by atoms with Crippen molar-refractivity contribution in [3.05, 3.63) is 65.2 Å². The lowest BCUT2D eigenvalue weighted by atomic mass is 9.57. The molecular formula is C23H20N4O. The van der Waals surface area contributed by atoms with Crippen LogP contribution in [-0.2, 0) is 10.2 Å². The monoisotopic (exact) mass is 368 g/mol. The van der Waals surface area contributed by atoms with E-state index in [2.05, 4.69) is 22.4 Å². The first kappa shape index (κ1) is 17.0. The minimum Gasteiger partial charge on any atom is -0.325 e. The lowest BCUT2D eigenvalue weighted by Crippen LogP contribution is -2.53. The van der Waals surface area contributed by atoms with E-state index in [0.29, 0.717) is 0 Å². The van der Waals surface area contributed by atoms with Crippen molar-refractivity contribution in [3.8, 4) is 12.1 Å². The first-order valence-corrected chi connectivity index (χ1v) is 9.66. The van der Waals surface area contributed by atoms with Crippen LogP contribution in [0.2, 0.25) is 0 Å². The molecule has 3 atom stereocenters. The van der Waals surface area contributed by atoms with Gasteiger partial charge in [0.2, 0.25) is 5.91 Å². The van der Waals surface area contributed by atoms with Crippen LogP contribution in [0, 0.1) is 35.0 Å². The van der Waals surface area contributed by atoms with Gasteiger partial charge in [-0.1, -0.05) is 48.0 Å². The third kappa shape index (κ3) is 1.75. The fraction of sp³-hybridized carbons (Fsp3) is 0.348. The molecule has 1 spiro atoms. The molecule has 2 aromatic carbocycles. The number of nitriles is 2. The number of rotatable bonds is 1. The van der Waals surface area contributed by atoms with Crippen LogP contribution in [0.15, 0.2) is 48.5 Å². The lowest BCUT2D eigenvalue weighted by molar-refractivity contribution is -0.123. The molecule has 0 aliphatic carbocycles. The van der Waals surface area contributed by atoms with E-state index in [-0.39, 0.29) is 11.9 Å². The van der Waals surface area contributed by atoms with Crippen LogP contribution in [0.3, 0.4) is 0 Å². The molecule has 5 rings (SSSR count). The maximum Gasteiger partial charge on any atom is 0.239 e. The highest BCUT2D eigenvalue weighted by molar-refractivity contribution is 6.09. The first-order chi connectivity index (χ1) is 13.6. The number of hydrogen-bond donors (Lipinski definition) is 1. The average molecular weight is 368 g/mol. The zero-order chi connectivity index (χ0) is 19.5. The van der Waals surface area contributed by atoms with Crippen LogP contribution in [0.25, 0.3) is 0 Å². The molecule has 1 unspecified atom stereocenters. The standard InChI is InChI=1S/C23H20N4O/c1-15-8-10-16(11-9-15)20-22(13-24,14-25)23(19-7-4-12-27(19)20)17-5-2-3-6-18(17)26-21(23)28/h2-3,5-6,8-11,19-20H,4,7,12H2,1H3,(H,26,28)/t19?,20-,23+/m1/s1. The van der Waals surface area contributed by atoms with Crippen molar-refractivity contribution in [3.63, 3.8) is 0 Å². The van der Waals surface area contributed by atoms with E-state index < -0.39 is 16.9 Å². The second-order valence-electron chi connectivity index (χ2n) is 8.05. The number of carbonyl (C=O) groups is 1. The third-order valence-electron chi connectivity index (χ3n) is 6.86. The Labute approximate surface area is 164 Å². The second-order valence-corrected chi connectivity index (χ2v) is 8.05. The van der Waals surface area contributed by atoms with Crippen molar-refractivity contribution in [2.24, 2.45) is 5.41 Å². The van der Waals surface area contributed by atoms with Crippen LogP contribution < -0.4 is 5.32 Å². The molecule has 3 aliphatic heterocycles. The number of nitrogens with zero attached hydrogens (tertiary/aromatic N) is 3. The predicted octanol–water partition coefficient (Wildman–Crippen LogP) is 3.44. The van der Waals surface area contributed by atoms with Gasteiger partial charge in [-0.25, -0.2) is 0 Å². The molecule has 3 aliphatic rings. The van der Waals surface area contributed by atoms with Crippen LogP contribution in [0.1, 0.15) is 35.6 Å². The van der Waals surface area contributed by atoms with Crippen molar-refractivity contribution in [2.75, 3.05) is 11.9 Å². The zero-order valence-electron chi connectivity index (χ0n) is 15.6. The summed E-state index contributed by atoms with van der Waals surface area (Å²) in [5, 5.41) is 23.9.